The van der Waals surface area contributed by atoms with Crippen LogP contribution in [0.25, 0.3) is 5.69 Å². The van der Waals surface area contributed by atoms with E-state index in [-0.39, 0.29) is 0 Å². The van der Waals surface area contributed by atoms with E-state index >= 15 is 0 Å². The number of benzene rings is 1. The number of hydrogen-bond acceptors (Lipinski definition) is 4. The van der Waals surface area contributed by atoms with E-state index in [1.165, 1.54) is 10.4 Å². The number of aromatic nitrogens is 3. The first kappa shape index (κ1) is 20.1. The summed E-state index contributed by atoms with van der Waals surface area (Å²) < 4.78 is 1.96. The van der Waals surface area contributed by atoms with Crippen LogP contribution in [0.15, 0.2) is 47.7 Å². The number of rotatable bonds is 8. The average Bonchev–Trinajstić information content (AvgIpc) is 3.29. The van der Waals surface area contributed by atoms with E-state index in [1.807, 2.05) is 29.1 Å². The molecule has 0 aliphatic heterocycles. The molecule has 0 amide bonds. The summed E-state index contributed by atoms with van der Waals surface area (Å²) in [6, 6.07) is 10.2. The van der Waals surface area contributed by atoms with Gasteiger partial charge in [0.15, 0.2) is 5.96 Å². The second-order valence-electron chi connectivity index (χ2n) is 6.66. The van der Waals surface area contributed by atoms with Gasteiger partial charge in [-0.05, 0) is 44.4 Å². The highest BCUT2D eigenvalue weighted by molar-refractivity contribution is 7.11. The number of thiazole rings is 1. The summed E-state index contributed by atoms with van der Waals surface area (Å²) in [6.07, 6.45) is 6.98. The highest BCUT2D eigenvalue weighted by atomic mass is 32.1. The first-order valence-electron chi connectivity index (χ1n) is 9.62. The van der Waals surface area contributed by atoms with E-state index in [1.54, 1.807) is 18.4 Å². The van der Waals surface area contributed by atoms with E-state index in [0.717, 1.165) is 54.7 Å². The van der Waals surface area contributed by atoms with Gasteiger partial charge >= 0.3 is 0 Å². The van der Waals surface area contributed by atoms with Gasteiger partial charge in [0, 0.05) is 43.8 Å². The first-order chi connectivity index (χ1) is 13.7. The number of nitrogens with one attached hydrogen (secondary N) is 2. The number of hydrogen-bond donors (Lipinski definition) is 2. The Morgan fingerprint density at radius 1 is 1.11 bits per heavy atom. The zero-order valence-corrected chi connectivity index (χ0v) is 17.6. The molecular formula is C21H28N6S. The summed E-state index contributed by atoms with van der Waals surface area (Å²) in [5.74, 6) is 0.838. The average molecular weight is 397 g/mol. The largest absolute Gasteiger partial charge is 0.356 e. The number of para-hydroxylation sites is 1. The minimum Gasteiger partial charge on any atom is -0.356 e. The van der Waals surface area contributed by atoms with Crippen LogP contribution in [-0.2, 0) is 12.8 Å². The molecule has 28 heavy (non-hydrogen) atoms. The van der Waals surface area contributed by atoms with Crippen LogP contribution in [0, 0.1) is 13.8 Å². The molecule has 3 rings (SSSR count). The number of guanidine groups is 1. The van der Waals surface area contributed by atoms with E-state index in [9.17, 15) is 0 Å². The Balaban J connectivity index is 1.40. The van der Waals surface area contributed by atoms with Crippen LogP contribution >= 0.6 is 11.3 Å². The molecule has 3 aromatic rings. The van der Waals surface area contributed by atoms with Gasteiger partial charge in [0.2, 0.25) is 0 Å². The minimum atomic E-state index is 0.829. The van der Waals surface area contributed by atoms with Crippen LogP contribution < -0.4 is 10.6 Å². The van der Waals surface area contributed by atoms with Crippen molar-refractivity contribution in [2.24, 2.45) is 4.99 Å². The van der Waals surface area contributed by atoms with Crippen LogP contribution in [0.4, 0.5) is 0 Å². The summed E-state index contributed by atoms with van der Waals surface area (Å²) in [4.78, 5) is 9.93. The van der Waals surface area contributed by atoms with Crippen LogP contribution in [0.1, 0.15) is 27.6 Å². The first-order valence-corrected chi connectivity index (χ1v) is 10.4. The number of aliphatic imine (C=N–C) groups is 1. The molecule has 0 saturated heterocycles. The molecule has 2 N–H and O–H groups in total. The fourth-order valence-corrected chi connectivity index (χ4v) is 3.75. The molecule has 0 aliphatic rings. The molecule has 0 bridgehead atoms. The highest BCUT2D eigenvalue weighted by Gasteiger charge is 2.06. The van der Waals surface area contributed by atoms with Gasteiger partial charge < -0.3 is 10.6 Å². The van der Waals surface area contributed by atoms with Gasteiger partial charge in [-0.3, -0.25) is 4.99 Å². The van der Waals surface area contributed by atoms with E-state index in [4.69, 9.17) is 0 Å². The highest BCUT2D eigenvalue weighted by Crippen LogP contribution is 2.13. The van der Waals surface area contributed by atoms with Gasteiger partial charge in [0.1, 0.15) is 0 Å². The molecule has 2 aromatic heterocycles. The second-order valence-corrected chi connectivity index (χ2v) is 7.98. The van der Waals surface area contributed by atoms with Crippen molar-refractivity contribution in [2.75, 3.05) is 20.1 Å². The van der Waals surface area contributed by atoms with Crippen molar-refractivity contribution >= 4 is 17.3 Å². The maximum atomic E-state index is 4.64. The Morgan fingerprint density at radius 2 is 1.89 bits per heavy atom. The number of nitrogens with zero attached hydrogens (tertiary/aromatic N) is 4. The quantitative estimate of drug-likeness (QED) is 0.348. The predicted octanol–water partition coefficient (Wildman–Crippen LogP) is 3.29. The van der Waals surface area contributed by atoms with Crippen molar-refractivity contribution in [3.63, 3.8) is 0 Å². The SMILES string of the molecule is CN=C(NCCCc1cn(-c2ccccc2)nc1C)NCCc1ncc(C)s1. The van der Waals surface area contributed by atoms with Crippen molar-refractivity contribution < 1.29 is 0 Å². The molecule has 0 radical (unpaired) electrons. The smallest absolute Gasteiger partial charge is 0.190 e. The minimum absolute atomic E-state index is 0.829. The van der Waals surface area contributed by atoms with Crippen LogP contribution in [0.2, 0.25) is 0 Å². The Hall–Kier alpha value is -2.67. The van der Waals surface area contributed by atoms with Gasteiger partial charge in [-0.2, -0.15) is 5.10 Å². The molecule has 148 valence electrons. The van der Waals surface area contributed by atoms with E-state index in [2.05, 4.69) is 57.9 Å². The molecular weight excluding hydrogens is 368 g/mol. The maximum Gasteiger partial charge on any atom is 0.190 e. The Morgan fingerprint density at radius 3 is 2.61 bits per heavy atom. The van der Waals surface area contributed by atoms with Crippen LogP contribution in [0.5, 0.6) is 0 Å². The zero-order valence-electron chi connectivity index (χ0n) is 16.8. The van der Waals surface area contributed by atoms with Gasteiger partial charge in [0.25, 0.3) is 0 Å². The third kappa shape index (κ3) is 5.66. The van der Waals surface area contributed by atoms with Crippen molar-refractivity contribution in [3.05, 3.63) is 63.9 Å². The lowest BCUT2D eigenvalue weighted by atomic mass is 10.1. The molecule has 0 atom stereocenters. The molecule has 1 aromatic carbocycles. The third-order valence-electron chi connectivity index (χ3n) is 4.46. The molecule has 0 saturated carbocycles. The lowest BCUT2D eigenvalue weighted by Gasteiger charge is -2.11. The predicted molar refractivity (Wildman–Crippen MR) is 117 cm³/mol. The summed E-state index contributed by atoms with van der Waals surface area (Å²) in [6.45, 7) is 5.85. The molecule has 0 fully saturated rings. The van der Waals surface area contributed by atoms with Crippen molar-refractivity contribution in [1.82, 2.24) is 25.4 Å². The summed E-state index contributed by atoms with van der Waals surface area (Å²) in [5.41, 5.74) is 3.47. The van der Waals surface area contributed by atoms with Gasteiger partial charge in [-0.25, -0.2) is 9.67 Å². The topological polar surface area (TPSA) is 67.1 Å². The van der Waals surface area contributed by atoms with Gasteiger partial charge in [0.05, 0.1) is 16.4 Å². The van der Waals surface area contributed by atoms with Crippen molar-refractivity contribution in [2.45, 2.75) is 33.1 Å². The zero-order chi connectivity index (χ0) is 19.8. The Kier molecular flexibility index (Phi) is 7.19. The maximum absolute atomic E-state index is 4.64. The Bertz CT molecular complexity index is 897. The fourth-order valence-electron chi connectivity index (χ4n) is 2.97. The van der Waals surface area contributed by atoms with Crippen LogP contribution in [-0.4, -0.2) is 40.9 Å². The lowest BCUT2D eigenvalue weighted by Crippen LogP contribution is -2.38. The standard InChI is InChI=1S/C21H28N6S/c1-16-14-25-20(28-16)11-13-24-21(22-3)23-12-7-8-18-15-27(26-17(18)2)19-9-5-4-6-10-19/h4-6,9-10,14-15H,7-8,11-13H2,1-3H3,(H2,22,23,24). The molecule has 6 nitrogen and oxygen atoms in total. The Labute approximate surface area is 170 Å². The van der Waals surface area contributed by atoms with Crippen molar-refractivity contribution in [1.29, 1.82) is 0 Å². The molecule has 7 heteroatoms. The normalized spacial score (nSPS) is 11.6. The molecule has 0 spiro atoms. The number of aryl methyl sites for hydroxylation is 3. The summed E-state index contributed by atoms with van der Waals surface area (Å²) >= 11 is 1.75. The van der Waals surface area contributed by atoms with Gasteiger partial charge in [-0.1, -0.05) is 18.2 Å². The van der Waals surface area contributed by atoms with E-state index in [0.29, 0.717) is 0 Å². The molecule has 0 unspecified atom stereocenters. The van der Waals surface area contributed by atoms with Gasteiger partial charge in [-0.15, -0.1) is 11.3 Å². The van der Waals surface area contributed by atoms with Crippen LogP contribution in [0.3, 0.4) is 0 Å². The van der Waals surface area contributed by atoms with E-state index < -0.39 is 0 Å². The molecule has 2 heterocycles. The summed E-state index contributed by atoms with van der Waals surface area (Å²) in [5, 5.41) is 12.5. The monoisotopic (exact) mass is 396 g/mol. The molecule has 0 aliphatic carbocycles. The van der Waals surface area contributed by atoms with Crippen molar-refractivity contribution in [3.8, 4) is 5.69 Å². The third-order valence-corrected chi connectivity index (χ3v) is 5.43. The lowest BCUT2D eigenvalue weighted by molar-refractivity contribution is 0.737. The summed E-state index contributed by atoms with van der Waals surface area (Å²) in [7, 11) is 1.80. The fraction of sp³-hybridized carbons (Fsp3) is 0.381. The second kappa shape index (κ2) is 10.0.